The van der Waals surface area contributed by atoms with E-state index in [0.717, 1.165) is 60.1 Å². The molecule has 3 atom stereocenters. The van der Waals surface area contributed by atoms with E-state index in [4.69, 9.17) is 16.6 Å². The summed E-state index contributed by atoms with van der Waals surface area (Å²) >= 11 is 6.11. The van der Waals surface area contributed by atoms with Gasteiger partial charge in [0.25, 0.3) is 0 Å². The highest BCUT2D eigenvalue weighted by molar-refractivity contribution is 7.85. The molecule has 0 spiro atoms. The predicted octanol–water partition coefficient (Wildman–Crippen LogP) is 4.64. The van der Waals surface area contributed by atoms with Gasteiger partial charge in [-0.1, -0.05) is 23.7 Å². The van der Waals surface area contributed by atoms with Gasteiger partial charge < -0.3 is 15.3 Å². The summed E-state index contributed by atoms with van der Waals surface area (Å²) in [6.07, 6.45) is 8.49. The van der Waals surface area contributed by atoms with Crippen LogP contribution < -0.4 is 10.2 Å². The second-order valence-electron chi connectivity index (χ2n) is 10.0. The summed E-state index contributed by atoms with van der Waals surface area (Å²) in [5, 5.41) is 14.3. The molecule has 2 unspecified atom stereocenters. The molecular formula is C25H30ClN3O2S. The molecule has 4 heterocycles. The van der Waals surface area contributed by atoms with E-state index in [0.29, 0.717) is 23.8 Å². The molecule has 170 valence electrons. The first kappa shape index (κ1) is 20.9. The minimum absolute atomic E-state index is 0.0953. The minimum Gasteiger partial charge on any atom is -0.394 e. The van der Waals surface area contributed by atoms with Crippen molar-refractivity contribution < 1.29 is 9.32 Å². The van der Waals surface area contributed by atoms with E-state index >= 15 is 0 Å². The number of nitrogens with one attached hydrogen (secondary N) is 1. The quantitative estimate of drug-likeness (QED) is 0.665. The van der Waals surface area contributed by atoms with Gasteiger partial charge in [0.05, 0.1) is 27.8 Å². The Hall–Kier alpha value is -1.63. The van der Waals surface area contributed by atoms with Crippen LogP contribution in [0.15, 0.2) is 35.2 Å². The number of hydrogen-bond donors (Lipinski definition) is 2. The van der Waals surface area contributed by atoms with Gasteiger partial charge in [0.15, 0.2) is 0 Å². The van der Waals surface area contributed by atoms with E-state index in [1.165, 1.54) is 24.0 Å². The molecule has 0 amide bonds. The van der Waals surface area contributed by atoms with Crippen molar-refractivity contribution in [1.82, 2.24) is 4.98 Å². The third-order valence-electron chi connectivity index (χ3n) is 8.16. The third kappa shape index (κ3) is 3.46. The fourth-order valence-electron chi connectivity index (χ4n) is 6.27. The first-order valence-corrected chi connectivity index (χ1v) is 13.6. The van der Waals surface area contributed by atoms with Crippen molar-refractivity contribution in [2.24, 2.45) is 0 Å². The maximum atomic E-state index is 12.8. The number of anilines is 2. The van der Waals surface area contributed by atoms with Crippen LogP contribution in [0.25, 0.3) is 0 Å². The van der Waals surface area contributed by atoms with Crippen molar-refractivity contribution in [1.29, 1.82) is 0 Å². The van der Waals surface area contributed by atoms with Crippen molar-refractivity contribution >= 4 is 34.0 Å². The number of pyridine rings is 1. The number of aliphatic hydroxyl groups is 1. The van der Waals surface area contributed by atoms with Gasteiger partial charge in [0.1, 0.15) is 11.6 Å². The Balaban J connectivity index is 1.31. The van der Waals surface area contributed by atoms with Crippen LogP contribution in [-0.2, 0) is 17.2 Å². The summed E-state index contributed by atoms with van der Waals surface area (Å²) in [7, 11) is -1.01. The summed E-state index contributed by atoms with van der Waals surface area (Å²) in [6, 6.07) is 11.5. The predicted molar refractivity (Wildman–Crippen MR) is 129 cm³/mol. The zero-order chi connectivity index (χ0) is 21.9. The maximum Gasteiger partial charge on any atom is 0.145 e. The average Bonchev–Trinajstić information content (AvgIpc) is 3.27. The zero-order valence-electron chi connectivity index (χ0n) is 18.2. The van der Waals surface area contributed by atoms with Crippen LogP contribution in [0.3, 0.4) is 0 Å². The number of nitrogens with zero attached hydrogens (tertiary/aromatic N) is 2. The Morgan fingerprint density at radius 1 is 1.19 bits per heavy atom. The molecule has 2 N–H and O–H groups in total. The molecule has 2 saturated heterocycles. The first-order valence-electron chi connectivity index (χ1n) is 11.9. The van der Waals surface area contributed by atoms with Crippen LogP contribution in [0.2, 0.25) is 5.02 Å². The average molecular weight is 472 g/mol. The molecule has 1 saturated carbocycles. The van der Waals surface area contributed by atoms with Gasteiger partial charge in [-0.05, 0) is 86.6 Å². The van der Waals surface area contributed by atoms with Gasteiger partial charge in [0.2, 0.25) is 0 Å². The van der Waals surface area contributed by atoms with Crippen LogP contribution in [0.4, 0.5) is 11.6 Å². The lowest BCUT2D eigenvalue weighted by Gasteiger charge is -2.43. The van der Waals surface area contributed by atoms with Crippen LogP contribution in [-0.4, -0.2) is 44.3 Å². The SMILES string of the molecule is O=[S@]1CCc2cc(N3C4CCC3CC(c3ccc(Cl)cc3)C4)nc(NC3(CO)CCC3)c21. The number of fused-ring (bicyclic) bond motifs is 3. The molecule has 1 aromatic carbocycles. The van der Waals surface area contributed by atoms with Crippen LogP contribution in [0, 0.1) is 0 Å². The molecule has 3 fully saturated rings. The standard InChI is InChI=1S/C25H30ClN3O2S/c26-19-4-2-16(3-5-19)18-12-20-6-7-21(13-18)29(20)22-14-17-8-11-32(31)23(17)24(27-22)28-25(15-30)9-1-10-25/h2-5,14,18,20-21,30H,1,6-13,15H2,(H,27,28)/t18?,20?,21?,32-/m0/s1. The van der Waals surface area contributed by atoms with Gasteiger partial charge in [0, 0.05) is 22.9 Å². The van der Waals surface area contributed by atoms with E-state index < -0.39 is 10.8 Å². The second kappa shape index (κ2) is 8.00. The molecule has 32 heavy (non-hydrogen) atoms. The Kier molecular flexibility index (Phi) is 5.23. The van der Waals surface area contributed by atoms with Crippen molar-refractivity contribution in [3.8, 4) is 0 Å². The van der Waals surface area contributed by atoms with E-state index in [9.17, 15) is 9.32 Å². The Bertz CT molecular complexity index is 1040. The minimum atomic E-state index is -1.01. The van der Waals surface area contributed by atoms with Gasteiger partial charge in [-0.15, -0.1) is 0 Å². The van der Waals surface area contributed by atoms with Crippen molar-refractivity contribution in [3.05, 3.63) is 46.5 Å². The van der Waals surface area contributed by atoms with Gasteiger partial charge >= 0.3 is 0 Å². The number of piperidine rings is 1. The summed E-state index contributed by atoms with van der Waals surface area (Å²) in [5.74, 6) is 3.02. The maximum absolute atomic E-state index is 12.8. The number of halogens is 1. The molecule has 5 nitrogen and oxygen atoms in total. The zero-order valence-corrected chi connectivity index (χ0v) is 19.8. The molecule has 4 aliphatic rings. The van der Waals surface area contributed by atoms with E-state index in [2.05, 4.69) is 28.4 Å². The highest BCUT2D eigenvalue weighted by atomic mass is 35.5. The number of rotatable bonds is 5. The van der Waals surface area contributed by atoms with Crippen LogP contribution in [0.1, 0.15) is 62.0 Å². The van der Waals surface area contributed by atoms with Gasteiger partial charge in [-0.3, -0.25) is 4.21 Å². The van der Waals surface area contributed by atoms with Crippen molar-refractivity contribution in [3.63, 3.8) is 0 Å². The van der Waals surface area contributed by atoms with Crippen LogP contribution in [0.5, 0.6) is 0 Å². The molecule has 0 radical (unpaired) electrons. The lowest BCUT2D eigenvalue weighted by molar-refractivity contribution is 0.143. The molecule has 1 aromatic heterocycles. The number of benzene rings is 1. The van der Waals surface area contributed by atoms with E-state index in [1.807, 2.05) is 12.1 Å². The van der Waals surface area contributed by atoms with Crippen molar-refractivity contribution in [2.45, 2.75) is 79.8 Å². The molecule has 2 bridgehead atoms. The van der Waals surface area contributed by atoms with Crippen molar-refractivity contribution in [2.75, 3.05) is 22.6 Å². The summed E-state index contributed by atoms with van der Waals surface area (Å²) < 4.78 is 12.8. The lowest BCUT2D eigenvalue weighted by atomic mass is 9.77. The summed E-state index contributed by atoms with van der Waals surface area (Å²) in [5.41, 5.74) is 2.26. The number of aliphatic hydroxyl groups excluding tert-OH is 1. The number of aromatic nitrogens is 1. The summed E-state index contributed by atoms with van der Waals surface area (Å²) in [6.45, 7) is 0.0953. The monoisotopic (exact) mass is 471 g/mol. The third-order valence-corrected chi connectivity index (χ3v) is 9.89. The molecule has 1 aliphatic carbocycles. The molecule has 7 heteroatoms. The topological polar surface area (TPSA) is 65.5 Å². The number of aryl methyl sites for hydroxylation is 1. The molecule has 6 rings (SSSR count). The Morgan fingerprint density at radius 2 is 1.91 bits per heavy atom. The Morgan fingerprint density at radius 3 is 2.53 bits per heavy atom. The number of hydrogen-bond acceptors (Lipinski definition) is 5. The smallest absolute Gasteiger partial charge is 0.145 e. The largest absolute Gasteiger partial charge is 0.394 e. The highest BCUT2D eigenvalue weighted by Gasteiger charge is 2.43. The van der Waals surface area contributed by atoms with Crippen LogP contribution >= 0.6 is 11.6 Å². The lowest BCUT2D eigenvalue weighted by Crippen LogP contribution is -2.49. The highest BCUT2D eigenvalue weighted by Crippen LogP contribution is 2.47. The Labute approximate surface area is 197 Å². The molecule has 2 aromatic rings. The van der Waals surface area contributed by atoms with E-state index in [1.54, 1.807) is 0 Å². The summed E-state index contributed by atoms with van der Waals surface area (Å²) in [4.78, 5) is 8.50. The first-order chi connectivity index (χ1) is 15.5. The fourth-order valence-corrected chi connectivity index (χ4v) is 7.77. The van der Waals surface area contributed by atoms with E-state index in [-0.39, 0.29) is 12.1 Å². The normalized spacial score (nSPS) is 30.1. The fraction of sp³-hybridized carbons (Fsp3) is 0.560. The molecule has 3 aliphatic heterocycles. The van der Waals surface area contributed by atoms with Gasteiger partial charge in [-0.2, -0.15) is 0 Å². The molecular weight excluding hydrogens is 442 g/mol. The second-order valence-corrected chi connectivity index (χ2v) is 12.0. The van der Waals surface area contributed by atoms with Gasteiger partial charge in [-0.25, -0.2) is 4.98 Å².